The Balaban J connectivity index is 1.96. The number of piperidine rings is 1. The van der Waals surface area contributed by atoms with E-state index >= 15 is 0 Å². The van der Waals surface area contributed by atoms with Crippen molar-refractivity contribution in [2.75, 3.05) is 33.2 Å². The second kappa shape index (κ2) is 5.83. The Morgan fingerprint density at radius 3 is 2.76 bits per heavy atom. The summed E-state index contributed by atoms with van der Waals surface area (Å²) in [7, 11) is 2.14. The summed E-state index contributed by atoms with van der Waals surface area (Å²) in [6, 6.07) is 0.424. The van der Waals surface area contributed by atoms with E-state index in [1.54, 1.807) is 0 Å². The lowest BCUT2D eigenvalue weighted by atomic mass is 10.0. The normalized spacial score (nSPS) is 32.2. The summed E-state index contributed by atoms with van der Waals surface area (Å²) in [6.07, 6.45) is 4.50. The third-order valence-corrected chi connectivity index (χ3v) is 3.94. The van der Waals surface area contributed by atoms with Gasteiger partial charge in [0.2, 0.25) is 5.91 Å². The molecule has 2 rings (SSSR count). The fourth-order valence-electron chi connectivity index (χ4n) is 2.96. The Labute approximate surface area is 104 Å². The Hall–Kier alpha value is -0.610. The molecule has 1 N–H and O–H groups in total. The zero-order valence-electron chi connectivity index (χ0n) is 11.1. The van der Waals surface area contributed by atoms with Crippen LogP contribution in [0.5, 0.6) is 0 Å². The molecule has 2 aliphatic rings. The predicted octanol–water partition coefficient (Wildman–Crippen LogP) is 0.681. The van der Waals surface area contributed by atoms with Gasteiger partial charge in [0.25, 0.3) is 0 Å². The number of carbonyl (C=O) groups excluding carboxylic acids is 1. The van der Waals surface area contributed by atoms with E-state index in [4.69, 9.17) is 0 Å². The molecular weight excluding hydrogens is 214 g/mol. The van der Waals surface area contributed by atoms with Crippen LogP contribution in [0.2, 0.25) is 0 Å². The average molecular weight is 239 g/mol. The Kier molecular flexibility index (Phi) is 4.40. The minimum atomic E-state index is 0.0783. The van der Waals surface area contributed by atoms with E-state index in [9.17, 15) is 4.79 Å². The molecule has 2 saturated heterocycles. The summed E-state index contributed by atoms with van der Waals surface area (Å²) >= 11 is 0. The van der Waals surface area contributed by atoms with E-state index in [0.717, 1.165) is 39.0 Å². The average Bonchev–Trinajstić information content (AvgIpc) is 2.50. The first kappa shape index (κ1) is 12.8. The van der Waals surface area contributed by atoms with Crippen molar-refractivity contribution in [2.24, 2.45) is 0 Å². The van der Waals surface area contributed by atoms with E-state index < -0.39 is 0 Å². The first-order chi connectivity index (χ1) is 8.18. The number of nitrogens with zero attached hydrogens (tertiary/aromatic N) is 2. The Morgan fingerprint density at radius 2 is 2.06 bits per heavy atom. The van der Waals surface area contributed by atoms with Crippen molar-refractivity contribution in [3.05, 3.63) is 0 Å². The first-order valence-electron chi connectivity index (χ1n) is 6.91. The molecular formula is C13H25N3O. The summed E-state index contributed by atoms with van der Waals surface area (Å²) in [5, 5.41) is 3.36. The molecule has 98 valence electrons. The molecule has 0 bridgehead atoms. The van der Waals surface area contributed by atoms with Gasteiger partial charge in [-0.2, -0.15) is 0 Å². The molecule has 0 aromatic carbocycles. The molecule has 4 nitrogen and oxygen atoms in total. The molecule has 0 aromatic rings. The monoisotopic (exact) mass is 239 g/mol. The molecule has 2 heterocycles. The third kappa shape index (κ3) is 3.19. The van der Waals surface area contributed by atoms with Crippen molar-refractivity contribution in [1.29, 1.82) is 0 Å². The molecule has 0 radical (unpaired) electrons. The number of amides is 1. The maximum Gasteiger partial charge on any atom is 0.239 e. The number of hydrogen-bond acceptors (Lipinski definition) is 3. The van der Waals surface area contributed by atoms with Gasteiger partial charge in [-0.15, -0.1) is 0 Å². The van der Waals surface area contributed by atoms with Crippen LogP contribution >= 0.6 is 0 Å². The Morgan fingerprint density at radius 1 is 1.24 bits per heavy atom. The van der Waals surface area contributed by atoms with E-state index in [1.165, 1.54) is 12.8 Å². The van der Waals surface area contributed by atoms with Crippen LogP contribution in [0.25, 0.3) is 0 Å². The van der Waals surface area contributed by atoms with Gasteiger partial charge in [-0.3, -0.25) is 4.79 Å². The minimum absolute atomic E-state index is 0.0783. The highest BCUT2D eigenvalue weighted by Gasteiger charge is 2.30. The zero-order valence-corrected chi connectivity index (χ0v) is 11.1. The first-order valence-corrected chi connectivity index (χ1v) is 6.91. The predicted molar refractivity (Wildman–Crippen MR) is 68.9 cm³/mol. The van der Waals surface area contributed by atoms with Gasteiger partial charge in [0.1, 0.15) is 0 Å². The van der Waals surface area contributed by atoms with Crippen molar-refractivity contribution in [3.63, 3.8) is 0 Å². The van der Waals surface area contributed by atoms with Crippen LogP contribution in [0.15, 0.2) is 0 Å². The quantitative estimate of drug-likeness (QED) is 0.731. The van der Waals surface area contributed by atoms with Gasteiger partial charge in [-0.05, 0) is 46.3 Å². The van der Waals surface area contributed by atoms with Crippen LogP contribution in [-0.2, 0) is 4.79 Å². The summed E-state index contributed by atoms with van der Waals surface area (Å²) in [4.78, 5) is 16.9. The Bertz CT molecular complexity index is 263. The maximum absolute atomic E-state index is 12.5. The SMILES string of the molecule is CC1CN(C)CCCN1C(=O)[C@H]1CCCCN1. The molecule has 2 aliphatic heterocycles. The van der Waals surface area contributed by atoms with Crippen molar-refractivity contribution >= 4 is 5.91 Å². The van der Waals surface area contributed by atoms with Gasteiger partial charge >= 0.3 is 0 Å². The van der Waals surface area contributed by atoms with Crippen molar-refractivity contribution in [2.45, 2.75) is 44.7 Å². The highest BCUT2D eigenvalue weighted by molar-refractivity contribution is 5.82. The van der Waals surface area contributed by atoms with Gasteiger partial charge in [0.05, 0.1) is 6.04 Å². The van der Waals surface area contributed by atoms with E-state index in [1.807, 2.05) is 0 Å². The number of nitrogens with one attached hydrogen (secondary N) is 1. The molecule has 0 spiro atoms. The lowest BCUT2D eigenvalue weighted by Gasteiger charge is -2.33. The molecule has 0 saturated carbocycles. The summed E-state index contributed by atoms with van der Waals surface area (Å²) < 4.78 is 0. The lowest BCUT2D eigenvalue weighted by Crippen LogP contribution is -2.52. The number of likely N-dealkylation sites (N-methyl/N-ethyl adjacent to an activating group) is 1. The third-order valence-electron chi connectivity index (χ3n) is 3.94. The molecule has 2 fully saturated rings. The molecule has 17 heavy (non-hydrogen) atoms. The zero-order chi connectivity index (χ0) is 12.3. The largest absolute Gasteiger partial charge is 0.337 e. The lowest BCUT2D eigenvalue weighted by molar-refractivity contribution is -0.135. The van der Waals surface area contributed by atoms with Gasteiger partial charge in [0, 0.05) is 19.1 Å². The molecule has 2 atom stereocenters. The van der Waals surface area contributed by atoms with Crippen LogP contribution in [0, 0.1) is 0 Å². The summed E-state index contributed by atoms with van der Waals surface area (Å²) in [5.74, 6) is 0.326. The van der Waals surface area contributed by atoms with Crippen LogP contribution in [0.4, 0.5) is 0 Å². The second-order valence-corrected chi connectivity index (χ2v) is 5.50. The summed E-state index contributed by atoms with van der Waals surface area (Å²) in [5.41, 5.74) is 0. The summed E-state index contributed by atoms with van der Waals surface area (Å²) in [6.45, 7) is 6.19. The fourth-order valence-corrected chi connectivity index (χ4v) is 2.96. The van der Waals surface area contributed by atoms with E-state index in [-0.39, 0.29) is 6.04 Å². The topological polar surface area (TPSA) is 35.6 Å². The van der Waals surface area contributed by atoms with Crippen LogP contribution < -0.4 is 5.32 Å². The standard InChI is InChI=1S/C13H25N3O/c1-11-10-15(2)8-5-9-16(11)13(17)12-6-3-4-7-14-12/h11-12,14H,3-10H2,1-2H3/t11?,12-/m1/s1. The fraction of sp³-hybridized carbons (Fsp3) is 0.923. The molecule has 1 amide bonds. The highest BCUT2D eigenvalue weighted by atomic mass is 16.2. The van der Waals surface area contributed by atoms with E-state index in [2.05, 4.69) is 29.1 Å². The number of hydrogen-bond donors (Lipinski definition) is 1. The van der Waals surface area contributed by atoms with Crippen LogP contribution in [-0.4, -0.2) is 61.0 Å². The van der Waals surface area contributed by atoms with Gasteiger partial charge < -0.3 is 15.1 Å². The van der Waals surface area contributed by atoms with Crippen molar-refractivity contribution in [1.82, 2.24) is 15.1 Å². The second-order valence-electron chi connectivity index (χ2n) is 5.50. The van der Waals surface area contributed by atoms with Gasteiger partial charge in [0.15, 0.2) is 0 Å². The van der Waals surface area contributed by atoms with Gasteiger partial charge in [-0.1, -0.05) is 6.42 Å². The van der Waals surface area contributed by atoms with E-state index in [0.29, 0.717) is 11.9 Å². The molecule has 1 unspecified atom stereocenters. The minimum Gasteiger partial charge on any atom is -0.337 e. The number of carbonyl (C=O) groups is 1. The van der Waals surface area contributed by atoms with Crippen LogP contribution in [0.1, 0.15) is 32.6 Å². The molecule has 0 aliphatic carbocycles. The van der Waals surface area contributed by atoms with Crippen molar-refractivity contribution < 1.29 is 4.79 Å². The molecule has 0 aromatic heterocycles. The van der Waals surface area contributed by atoms with Crippen molar-refractivity contribution in [3.8, 4) is 0 Å². The smallest absolute Gasteiger partial charge is 0.239 e. The van der Waals surface area contributed by atoms with Gasteiger partial charge in [-0.25, -0.2) is 0 Å². The number of rotatable bonds is 1. The molecule has 4 heteroatoms. The maximum atomic E-state index is 12.5. The van der Waals surface area contributed by atoms with Crippen LogP contribution in [0.3, 0.4) is 0 Å². The highest BCUT2D eigenvalue weighted by Crippen LogP contribution is 2.14.